The minimum atomic E-state index is 0.369. The largest absolute Gasteiger partial charge is 0.282 e. The molecule has 2 aromatic rings. The number of nitrogens with zero attached hydrogens (tertiary/aromatic N) is 3. The lowest BCUT2D eigenvalue weighted by Crippen LogP contribution is -2.02. The van der Waals surface area contributed by atoms with Crippen LogP contribution in [0.2, 0.25) is 0 Å². The Hall–Kier alpha value is -1.35. The van der Waals surface area contributed by atoms with E-state index in [1.54, 1.807) is 0 Å². The fourth-order valence-electron chi connectivity index (χ4n) is 1.69. The molecule has 84 valence electrons. The maximum absolute atomic E-state index is 5.84. The van der Waals surface area contributed by atoms with Crippen LogP contribution in [-0.2, 0) is 5.88 Å². The van der Waals surface area contributed by atoms with E-state index in [0.717, 1.165) is 17.3 Å². The lowest BCUT2D eigenvalue weighted by molar-refractivity contribution is 0.923. The Labute approximate surface area is 100 Å². The molecule has 0 spiro atoms. The van der Waals surface area contributed by atoms with E-state index in [-0.39, 0.29) is 0 Å². The number of benzene rings is 1. The summed E-state index contributed by atoms with van der Waals surface area (Å²) >= 11 is 5.84. The van der Waals surface area contributed by atoms with Crippen LogP contribution in [0.15, 0.2) is 18.2 Å². The zero-order valence-corrected chi connectivity index (χ0v) is 10.4. The lowest BCUT2D eigenvalue weighted by Gasteiger charge is -2.09. The summed E-state index contributed by atoms with van der Waals surface area (Å²) in [6, 6.07) is 6.29. The van der Waals surface area contributed by atoms with Gasteiger partial charge in [-0.1, -0.05) is 6.07 Å². The van der Waals surface area contributed by atoms with Crippen molar-refractivity contribution in [3.05, 3.63) is 41.0 Å². The van der Waals surface area contributed by atoms with Gasteiger partial charge in [-0.2, -0.15) is 0 Å². The molecule has 0 bridgehead atoms. The molecule has 0 N–H and O–H groups in total. The van der Waals surface area contributed by atoms with E-state index in [4.69, 9.17) is 11.6 Å². The zero-order chi connectivity index (χ0) is 11.7. The number of hydrogen-bond donors (Lipinski definition) is 0. The van der Waals surface area contributed by atoms with Gasteiger partial charge in [0.2, 0.25) is 0 Å². The van der Waals surface area contributed by atoms with Crippen molar-refractivity contribution in [2.24, 2.45) is 0 Å². The first-order chi connectivity index (χ1) is 7.63. The van der Waals surface area contributed by atoms with E-state index in [1.165, 1.54) is 11.1 Å². The van der Waals surface area contributed by atoms with Crippen LogP contribution in [-0.4, -0.2) is 14.8 Å². The summed E-state index contributed by atoms with van der Waals surface area (Å²) in [5.74, 6) is 2.01. The van der Waals surface area contributed by atoms with E-state index in [9.17, 15) is 0 Å². The molecule has 0 unspecified atom stereocenters. The highest BCUT2D eigenvalue weighted by atomic mass is 35.5. The van der Waals surface area contributed by atoms with Gasteiger partial charge >= 0.3 is 0 Å². The molecule has 0 aliphatic rings. The van der Waals surface area contributed by atoms with Crippen LogP contribution in [0.4, 0.5) is 0 Å². The van der Waals surface area contributed by atoms with Gasteiger partial charge in [-0.05, 0) is 44.0 Å². The van der Waals surface area contributed by atoms with Gasteiger partial charge in [-0.25, -0.2) is 0 Å². The second-order valence-electron chi connectivity index (χ2n) is 3.90. The standard InChI is InChI=1S/C12H14ClN3/c1-8-4-5-11(6-9(8)2)16-10(3)14-15-12(16)7-13/h4-6H,7H2,1-3H3. The summed E-state index contributed by atoms with van der Waals surface area (Å²) in [5, 5.41) is 8.09. The van der Waals surface area contributed by atoms with Crippen LogP contribution in [0.1, 0.15) is 22.8 Å². The molecule has 0 saturated carbocycles. The van der Waals surface area contributed by atoms with Gasteiger partial charge in [0.1, 0.15) is 5.82 Å². The average molecular weight is 236 g/mol. The van der Waals surface area contributed by atoms with E-state index in [2.05, 4.69) is 42.2 Å². The third-order valence-corrected chi connectivity index (χ3v) is 3.00. The smallest absolute Gasteiger partial charge is 0.152 e. The highest BCUT2D eigenvalue weighted by Crippen LogP contribution is 2.17. The zero-order valence-electron chi connectivity index (χ0n) is 9.66. The first-order valence-electron chi connectivity index (χ1n) is 5.18. The maximum atomic E-state index is 5.84. The summed E-state index contributed by atoms with van der Waals surface area (Å²) in [7, 11) is 0. The highest BCUT2D eigenvalue weighted by Gasteiger charge is 2.09. The number of aromatic nitrogens is 3. The molecule has 1 aromatic heterocycles. The fourth-order valence-corrected chi connectivity index (χ4v) is 1.87. The fraction of sp³-hybridized carbons (Fsp3) is 0.333. The Balaban J connectivity index is 2.57. The van der Waals surface area contributed by atoms with Gasteiger partial charge in [0.15, 0.2) is 5.82 Å². The lowest BCUT2D eigenvalue weighted by atomic mass is 10.1. The summed E-state index contributed by atoms with van der Waals surface area (Å²) < 4.78 is 1.99. The van der Waals surface area contributed by atoms with Gasteiger partial charge in [0.05, 0.1) is 5.88 Å². The second-order valence-corrected chi connectivity index (χ2v) is 4.17. The SMILES string of the molecule is Cc1ccc(-n2c(C)nnc2CCl)cc1C. The average Bonchev–Trinajstić information content (AvgIpc) is 2.64. The normalized spacial score (nSPS) is 10.8. The summed E-state index contributed by atoms with van der Waals surface area (Å²) in [5.41, 5.74) is 3.61. The monoisotopic (exact) mass is 235 g/mol. The molecule has 0 radical (unpaired) electrons. The van der Waals surface area contributed by atoms with Crippen molar-refractivity contribution < 1.29 is 0 Å². The third-order valence-electron chi connectivity index (χ3n) is 2.76. The van der Waals surface area contributed by atoms with Crippen molar-refractivity contribution >= 4 is 11.6 Å². The van der Waals surface area contributed by atoms with Crippen molar-refractivity contribution in [1.82, 2.24) is 14.8 Å². The van der Waals surface area contributed by atoms with E-state index in [0.29, 0.717) is 5.88 Å². The molecule has 16 heavy (non-hydrogen) atoms. The molecular weight excluding hydrogens is 222 g/mol. The number of hydrogen-bond acceptors (Lipinski definition) is 2. The third kappa shape index (κ3) is 1.83. The van der Waals surface area contributed by atoms with Crippen molar-refractivity contribution in [2.75, 3.05) is 0 Å². The molecule has 0 atom stereocenters. The number of rotatable bonds is 2. The predicted molar refractivity (Wildman–Crippen MR) is 65.1 cm³/mol. The van der Waals surface area contributed by atoms with Gasteiger partial charge in [-0.3, -0.25) is 4.57 Å². The molecule has 0 saturated heterocycles. The minimum Gasteiger partial charge on any atom is -0.282 e. The Morgan fingerprint density at radius 3 is 2.50 bits per heavy atom. The number of alkyl halides is 1. The Kier molecular flexibility index (Phi) is 2.97. The number of aryl methyl sites for hydroxylation is 3. The summed E-state index contributed by atoms with van der Waals surface area (Å²) in [6.45, 7) is 6.12. The first-order valence-corrected chi connectivity index (χ1v) is 5.71. The quantitative estimate of drug-likeness (QED) is 0.750. The molecule has 0 amide bonds. The molecule has 3 nitrogen and oxygen atoms in total. The maximum Gasteiger partial charge on any atom is 0.152 e. The number of halogens is 1. The first kappa shape index (κ1) is 11.1. The van der Waals surface area contributed by atoms with Gasteiger partial charge in [-0.15, -0.1) is 21.8 Å². The van der Waals surface area contributed by atoms with E-state index in [1.807, 2.05) is 11.5 Å². The van der Waals surface area contributed by atoms with Crippen LogP contribution in [0, 0.1) is 20.8 Å². The predicted octanol–water partition coefficient (Wildman–Crippen LogP) is 2.93. The second kappa shape index (κ2) is 4.26. The molecule has 0 aliphatic heterocycles. The van der Waals surface area contributed by atoms with E-state index < -0.39 is 0 Å². The topological polar surface area (TPSA) is 30.7 Å². The van der Waals surface area contributed by atoms with Crippen molar-refractivity contribution in [3.8, 4) is 5.69 Å². The van der Waals surface area contributed by atoms with Crippen molar-refractivity contribution in [2.45, 2.75) is 26.7 Å². The van der Waals surface area contributed by atoms with Gasteiger partial charge in [0.25, 0.3) is 0 Å². The van der Waals surface area contributed by atoms with Gasteiger partial charge < -0.3 is 0 Å². The Morgan fingerprint density at radius 1 is 1.12 bits per heavy atom. The van der Waals surface area contributed by atoms with Gasteiger partial charge in [0, 0.05) is 5.69 Å². The van der Waals surface area contributed by atoms with Crippen molar-refractivity contribution in [3.63, 3.8) is 0 Å². The van der Waals surface area contributed by atoms with Crippen LogP contribution in [0.3, 0.4) is 0 Å². The van der Waals surface area contributed by atoms with Crippen LogP contribution in [0.5, 0.6) is 0 Å². The molecule has 2 rings (SSSR count). The Morgan fingerprint density at radius 2 is 1.88 bits per heavy atom. The van der Waals surface area contributed by atoms with E-state index >= 15 is 0 Å². The highest BCUT2D eigenvalue weighted by molar-refractivity contribution is 6.16. The molecule has 1 aromatic carbocycles. The molecule has 0 aliphatic carbocycles. The summed E-state index contributed by atoms with van der Waals surface area (Å²) in [4.78, 5) is 0. The van der Waals surface area contributed by atoms with Crippen LogP contribution in [0.25, 0.3) is 5.69 Å². The summed E-state index contributed by atoms with van der Waals surface area (Å²) in [6.07, 6.45) is 0. The molecule has 4 heteroatoms. The van der Waals surface area contributed by atoms with Crippen LogP contribution >= 0.6 is 11.6 Å². The molecular formula is C12H14ClN3. The minimum absolute atomic E-state index is 0.369. The molecule has 1 heterocycles. The van der Waals surface area contributed by atoms with Crippen molar-refractivity contribution in [1.29, 1.82) is 0 Å². The van der Waals surface area contributed by atoms with Crippen LogP contribution < -0.4 is 0 Å². The molecule has 0 fully saturated rings. The Bertz CT molecular complexity index is 517.